The van der Waals surface area contributed by atoms with Crippen LogP contribution in [0, 0.1) is 5.82 Å². The van der Waals surface area contributed by atoms with E-state index in [1.54, 1.807) is 0 Å². The highest BCUT2D eigenvalue weighted by molar-refractivity contribution is 7.93. The van der Waals surface area contributed by atoms with Crippen LogP contribution in [0.25, 0.3) is 11.1 Å². The van der Waals surface area contributed by atoms with E-state index in [0.717, 1.165) is 11.1 Å². The van der Waals surface area contributed by atoms with Gasteiger partial charge in [0.1, 0.15) is 11.6 Å². The van der Waals surface area contributed by atoms with Crippen LogP contribution in [0.15, 0.2) is 29.3 Å². The molecule has 2 aromatic rings. The number of pyridine rings is 1. The third-order valence-electron chi connectivity index (χ3n) is 6.10. The van der Waals surface area contributed by atoms with Gasteiger partial charge in [0, 0.05) is 66.3 Å². The van der Waals surface area contributed by atoms with E-state index >= 15 is 4.39 Å². The zero-order valence-corrected chi connectivity index (χ0v) is 19.6. The molecule has 7 nitrogen and oxygen atoms in total. The molecule has 1 aliphatic carbocycles. The number of anilines is 2. The van der Waals surface area contributed by atoms with Gasteiger partial charge in [-0.2, -0.15) is 0 Å². The lowest BCUT2D eigenvalue weighted by Crippen LogP contribution is -2.25. The zero-order chi connectivity index (χ0) is 23.4. The molecule has 1 fully saturated rings. The number of nitrogens with zero attached hydrogens (tertiary/aromatic N) is 2. The number of rotatable bonds is 3. The summed E-state index contributed by atoms with van der Waals surface area (Å²) >= 11 is 6.83. The Bertz CT molecular complexity index is 1280. The Labute approximate surface area is 191 Å². The molecular formula is C22H24ClFN4O3S. The third kappa shape index (κ3) is 3.73. The number of carbonyl (C=O) groups is 1. The number of fused-ring (bicyclic) bond motifs is 2. The van der Waals surface area contributed by atoms with Gasteiger partial charge in [0.25, 0.3) is 5.91 Å². The fourth-order valence-corrected chi connectivity index (χ4v) is 5.90. The predicted octanol–water partition coefficient (Wildman–Crippen LogP) is 3.60. The summed E-state index contributed by atoms with van der Waals surface area (Å²) < 4.78 is 38.9. The van der Waals surface area contributed by atoms with Gasteiger partial charge in [0.05, 0.1) is 10.6 Å². The summed E-state index contributed by atoms with van der Waals surface area (Å²) in [5.41, 5.74) is 7.39. The maximum Gasteiger partial charge on any atom is 0.258 e. The van der Waals surface area contributed by atoms with Gasteiger partial charge < -0.3 is 16.0 Å². The lowest BCUT2D eigenvalue weighted by Gasteiger charge is -2.24. The van der Waals surface area contributed by atoms with E-state index in [1.807, 2.05) is 0 Å². The molecule has 2 aliphatic rings. The molecule has 0 bridgehead atoms. The molecule has 1 amide bonds. The monoisotopic (exact) mass is 478 g/mol. The van der Waals surface area contributed by atoms with Gasteiger partial charge in [0.15, 0.2) is 9.84 Å². The first kappa shape index (κ1) is 22.5. The molecule has 1 unspecified atom stereocenters. The maximum atomic E-state index is 15.5. The standard InChI is InChI=1S/C22H24ClFN4O3S/c1-28(2)21(29)16-15(25)5-4-13(19(16)24)14-9-26-20-17(18(14)23)22(11-27-20)7-6-12(8-22)10-32(3,30)31/h4-5,9-10H,6-8,11,25H2,1-3H3,(H,26,27). The molecule has 0 saturated heterocycles. The van der Waals surface area contributed by atoms with Crippen molar-refractivity contribution >= 4 is 38.9 Å². The van der Waals surface area contributed by atoms with Crippen molar-refractivity contribution in [2.24, 2.45) is 0 Å². The number of hydrogen-bond donors (Lipinski definition) is 2. The van der Waals surface area contributed by atoms with Crippen molar-refractivity contribution in [3.63, 3.8) is 0 Å². The summed E-state index contributed by atoms with van der Waals surface area (Å²) in [6, 6.07) is 2.97. The minimum atomic E-state index is -3.25. The molecule has 32 heavy (non-hydrogen) atoms. The topological polar surface area (TPSA) is 105 Å². The summed E-state index contributed by atoms with van der Waals surface area (Å²) in [5.74, 6) is -0.687. The molecule has 1 saturated carbocycles. The van der Waals surface area contributed by atoms with Crippen LogP contribution in [0.2, 0.25) is 5.02 Å². The zero-order valence-electron chi connectivity index (χ0n) is 18.0. The number of amides is 1. The highest BCUT2D eigenvalue weighted by atomic mass is 35.5. The number of aromatic nitrogens is 1. The van der Waals surface area contributed by atoms with Gasteiger partial charge in [0.2, 0.25) is 0 Å². The molecule has 2 heterocycles. The van der Waals surface area contributed by atoms with E-state index in [4.69, 9.17) is 17.3 Å². The Morgan fingerprint density at radius 1 is 1.34 bits per heavy atom. The summed E-state index contributed by atoms with van der Waals surface area (Å²) in [7, 11) is -0.205. The van der Waals surface area contributed by atoms with Gasteiger partial charge in [-0.3, -0.25) is 4.79 Å². The lowest BCUT2D eigenvalue weighted by atomic mass is 9.80. The molecular weight excluding hydrogens is 455 g/mol. The molecule has 4 rings (SSSR count). The second-order valence-corrected chi connectivity index (χ2v) is 11.0. The number of nitrogens with one attached hydrogen (secondary N) is 1. The average molecular weight is 479 g/mol. The van der Waals surface area contributed by atoms with Crippen LogP contribution in [0.5, 0.6) is 0 Å². The minimum Gasteiger partial charge on any atom is -0.398 e. The summed E-state index contributed by atoms with van der Waals surface area (Å²) in [6.07, 6.45) is 4.52. The number of halogens is 2. The summed E-state index contributed by atoms with van der Waals surface area (Å²) in [4.78, 5) is 18.2. The van der Waals surface area contributed by atoms with Crippen molar-refractivity contribution in [2.45, 2.75) is 24.7 Å². The first-order valence-corrected chi connectivity index (χ1v) is 12.4. The highest BCUT2D eigenvalue weighted by Crippen LogP contribution is 2.53. The van der Waals surface area contributed by atoms with Crippen LogP contribution in [0.4, 0.5) is 15.9 Å². The lowest BCUT2D eigenvalue weighted by molar-refractivity contribution is 0.0824. The molecule has 1 atom stereocenters. The van der Waals surface area contributed by atoms with Crippen LogP contribution in [0.1, 0.15) is 35.2 Å². The first-order valence-electron chi connectivity index (χ1n) is 10.1. The average Bonchev–Trinajstić information content (AvgIpc) is 3.25. The molecule has 0 radical (unpaired) electrons. The minimum absolute atomic E-state index is 0.0414. The number of benzene rings is 1. The second kappa shape index (κ2) is 7.74. The van der Waals surface area contributed by atoms with Gasteiger partial charge >= 0.3 is 0 Å². The summed E-state index contributed by atoms with van der Waals surface area (Å²) in [5, 5.41) is 4.92. The normalized spacial score (nSPS) is 21.1. The number of sulfone groups is 1. The van der Waals surface area contributed by atoms with Crippen molar-refractivity contribution in [3.05, 3.63) is 51.3 Å². The molecule has 1 aliphatic heterocycles. The third-order valence-corrected chi connectivity index (χ3v) is 7.25. The van der Waals surface area contributed by atoms with E-state index in [2.05, 4.69) is 10.3 Å². The van der Waals surface area contributed by atoms with Crippen molar-refractivity contribution in [2.75, 3.05) is 37.9 Å². The molecule has 1 aromatic heterocycles. The van der Waals surface area contributed by atoms with Crippen molar-refractivity contribution in [3.8, 4) is 11.1 Å². The quantitative estimate of drug-likeness (QED) is 0.653. The number of nitrogens with two attached hydrogens (primary N) is 1. The first-order chi connectivity index (χ1) is 14.9. The van der Waals surface area contributed by atoms with Crippen LogP contribution in [0.3, 0.4) is 0 Å². The predicted molar refractivity (Wildman–Crippen MR) is 124 cm³/mol. The van der Waals surface area contributed by atoms with Gasteiger partial charge in [-0.25, -0.2) is 17.8 Å². The van der Waals surface area contributed by atoms with Crippen LogP contribution < -0.4 is 11.1 Å². The van der Waals surface area contributed by atoms with Gasteiger partial charge in [-0.15, -0.1) is 0 Å². The van der Waals surface area contributed by atoms with Gasteiger partial charge in [-0.1, -0.05) is 17.2 Å². The Balaban J connectivity index is 1.84. The Morgan fingerprint density at radius 2 is 2.06 bits per heavy atom. The van der Waals surface area contributed by atoms with E-state index in [0.29, 0.717) is 42.2 Å². The largest absolute Gasteiger partial charge is 0.398 e. The molecule has 1 aromatic carbocycles. The Hall–Kier alpha value is -2.65. The van der Waals surface area contributed by atoms with Crippen LogP contribution >= 0.6 is 11.6 Å². The SMILES string of the molecule is CN(C)C(=O)c1c(N)ccc(-c2cnc3c(c2Cl)C2(CCC(=CS(C)(=O)=O)C2)CN3)c1F. The van der Waals surface area contributed by atoms with Crippen LogP contribution in [-0.2, 0) is 15.3 Å². The number of carbonyl (C=O) groups excluding carboxylic acids is 1. The summed E-state index contributed by atoms with van der Waals surface area (Å²) in [6.45, 7) is 0.564. The molecule has 3 N–H and O–H groups in total. The van der Waals surface area contributed by atoms with Crippen molar-refractivity contribution in [1.82, 2.24) is 9.88 Å². The molecule has 170 valence electrons. The molecule has 10 heteroatoms. The number of hydrogen-bond acceptors (Lipinski definition) is 6. The van der Waals surface area contributed by atoms with E-state index in [1.165, 1.54) is 49.0 Å². The van der Waals surface area contributed by atoms with E-state index in [-0.39, 0.29) is 16.8 Å². The van der Waals surface area contributed by atoms with Crippen LogP contribution in [-0.4, -0.2) is 51.1 Å². The van der Waals surface area contributed by atoms with E-state index < -0.39 is 27.0 Å². The molecule has 1 spiro atoms. The van der Waals surface area contributed by atoms with Crippen molar-refractivity contribution < 1.29 is 17.6 Å². The Morgan fingerprint density at radius 3 is 2.72 bits per heavy atom. The highest BCUT2D eigenvalue weighted by Gasteiger charge is 2.46. The number of nitrogen functional groups attached to an aromatic ring is 1. The second-order valence-electron chi connectivity index (χ2n) is 8.72. The number of allylic oxidation sites excluding steroid dienone is 1. The maximum absolute atomic E-state index is 15.5. The van der Waals surface area contributed by atoms with E-state index in [9.17, 15) is 13.2 Å². The fourth-order valence-electron chi connectivity index (χ4n) is 4.65. The smallest absolute Gasteiger partial charge is 0.258 e. The Kier molecular flexibility index (Phi) is 5.45. The van der Waals surface area contributed by atoms with Gasteiger partial charge in [-0.05, 0) is 31.4 Å². The fraction of sp³-hybridized carbons (Fsp3) is 0.364. The van der Waals surface area contributed by atoms with Crippen molar-refractivity contribution in [1.29, 1.82) is 0 Å².